The number of alkyl halides is 1. The Hall–Kier alpha value is -2.59. The number of fused-ring (bicyclic) bond motifs is 4. The third-order valence-corrected chi connectivity index (χ3v) is 10.5. The molecule has 14 nitrogen and oxygen atoms in total. The third-order valence-electron chi connectivity index (χ3n) is 7.71. The second kappa shape index (κ2) is 31.4. The normalized spacial score (nSPS) is 10.9. The molecule has 2 unspecified atom stereocenters. The van der Waals surface area contributed by atoms with Crippen molar-refractivity contribution in [2.75, 3.05) is 32.3 Å². The summed E-state index contributed by atoms with van der Waals surface area (Å²) in [6.45, 7) is 5.39. The molecule has 4 aromatic carbocycles. The van der Waals surface area contributed by atoms with Crippen molar-refractivity contribution in [2.24, 2.45) is 0 Å². The Kier molecular flexibility index (Phi) is 29.2. The molecule has 0 aliphatic heterocycles. The number of rotatable bonds is 15. The average Bonchev–Trinajstić information content (AvgIpc) is 3.27. The van der Waals surface area contributed by atoms with Crippen molar-refractivity contribution in [1.82, 2.24) is 0 Å². The molecule has 0 fully saturated rings. The van der Waals surface area contributed by atoms with Crippen molar-refractivity contribution < 1.29 is 171 Å². The first kappa shape index (κ1) is 59.4. The molecule has 6 rings (SSSR count). The minimum atomic E-state index is -1.03. The predicted molar refractivity (Wildman–Crippen MR) is 231 cm³/mol. The van der Waals surface area contributed by atoms with Crippen molar-refractivity contribution in [3.05, 3.63) is 130 Å². The zero-order chi connectivity index (χ0) is 45.8. The number of halogens is 4. The van der Waals surface area contributed by atoms with Gasteiger partial charge in [-0.2, -0.15) is 0 Å². The van der Waals surface area contributed by atoms with E-state index in [4.69, 9.17) is 57.3 Å². The van der Waals surface area contributed by atoms with Crippen LogP contribution in [0.2, 0.25) is 0 Å². The maximum atomic E-state index is 14.4. The van der Waals surface area contributed by atoms with Crippen LogP contribution in [0, 0.1) is 11.6 Å². The summed E-state index contributed by atoms with van der Waals surface area (Å²) >= 11 is 12.4. The van der Waals surface area contributed by atoms with Crippen LogP contribution in [0.1, 0.15) is 7.85 Å². The van der Waals surface area contributed by atoms with Crippen LogP contribution in [0.3, 0.4) is 0 Å². The van der Waals surface area contributed by atoms with Gasteiger partial charge in [0, 0.05) is 44.6 Å². The fraction of sp³-hybridized carbons (Fsp3) is 0.190. The Morgan fingerprint density at radius 2 is 1.23 bits per heavy atom. The van der Waals surface area contributed by atoms with E-state index in [1.54, 1.807) is 48.5 Å². The monoisotopic (exact) mass is 1010 g/mol. The molecular weight excluding hydrogens is 980 g/mol. The third kappa shape index (κ3) is 17.9. The van der Waals surface area contributed by atoms with Crippen molar-refractivity contribution in [3.63, 3.8) is 0 Å². The van der Waals surface area contributed by atoms with Gasteiger partial charge in [-0.15, -0.1) is 34.3 Å². The van der Waals surface area contributed by atoms with E-state index in [2.05, 4.69) is 18.0 Å². The van der Waals surface area contributed by atoms with Crippen LogP contribution in [0.25, 0.3) is 40.3 Å². The van der Waals surface area contributed by atoms with Gasteiger partial charge in [0.05, 0.1) is 26.8 Å². The Morgan fingerprint density at radius 1 is 0.781 bits per heavy atom. The van der Waals surface area contributed by atoms with Crippen LogP contribution in [-0.2, 0) is 33.5 Å². The van der Waals surface area contributed by atoms with E-state index < -0.39 is 47.8 Å². The van der Waals surface area contributed by atoms with Crippen LogP contribution in [-0.4, -0.2) is 78.4 Å². The summed E-state index contributed by atoms with van der Waals surface area (Å²) in [4.78, 5) is 69.1. The molecule has 0 spiro atoms. The van der Waals surface area contributed by atoms with E-state index >= 15 is 0 Å². The fourth-order valence-electron chi connectivity index (χ4n) is 4.97. The molecule has 22 heteroatoms. The van der Waals surface area contributed by atoms with Gasteiger partial charge in [-0.05, 0) is 60.1 Å². The maximum Gasteiger partial charge on any atom is 1.00 e. The molecule has 2 heterocycles. The number of benzene rings is 4. The molecular formula is C42H36Cl2F2K2O14S2. The van der Waals surface area contributed by atoms with Crippen molar-refractivity contribution in [1.29, 1.82) is 0 Å². The Labute approximate surface area is 467 Å². The maximum absolute atomic E-state index is 14.4. The molecule has 0 aliphatic rings. The molecule has 0 bridgehead atoms. The molecule has 64 heavy (non-hydrogen) atoms. The Morgan fingerprint density at radius 3 is 1.62 bits per heavy atom. The van der Waals surface area contributed by atoms with Crippen molar-refractivity contribution in [2.45, 2.75) is 18.6 Å². The second-order valence-corrected chi connectivity index (χ2v) is 14.8. The molecule has 0 saturated carbocycles. The van der Waals surface area contributed by atoms with Crippen LogP contribution in [0.5, 0.6) is 11.5 Å². The summed E-state index contributed by atoms with van der Waals surface area (Å²) in [6.07, 6.45) is 0.230. The van der Waals surface area contributed by atoms with Crippen LogP contribution < -0.4 is 128 Å². The summed E-state index contributed by atoms with van der Waals surface area (Å²) in [5.74, 6) is -1.78. The number of carbonyl (C=O) groups excluding carboxylic acids is 4. The first-order valence-corrected chi connectivity index (χ1v) is 20.2. The topological polar surface area (TPSA) is 212 Å². The number of aliphatic hydroxyl groups is 2. The zero-order valence-electron chi connectivity index (χ0n) is 35.1. The van der Waals surface area contributed by atoms with Crippen LogP contribution >= 0.6 is 45.9 Å². The molecule has 2 N–H and O–H groups in total. The SMILES string of the molecule is C=CC(=O)OCC(COc1ccc(F)c2c(=O)c3ccccc3sc12)OC(=O)C=C.O=C(Cl)CCCl.O=CO[O-].O=c1c2ccccc2sc2c(OCC(O)CO)ccc(F)c12.[H-].[K+].[K+]. The van der Waals surface area contributed by atoms with Gasteiger partial charge in [0.1, 0.15) is 49.1 Å². The van der Waals surface area contributed by atoms with Gasteiger partial charge in [-0.1, -0.05) is 37.4 Å². The molecule has 6 aromatic rings. The number of esters is 2. The van der Waals surface area contributed by atoms with E-state index in [1.807, 2.05) is 0 Å². The molecule has 0 radical (unpaired) electrons. The van der Waals surface area contributed by atoms with Gasteiger partial charge in [0.15, 0.2) is 17.0 Å². The molecule has 0 aliphatic carbocycles. The summed E-state index contributed by atoms with van der Waals surface area (Å²) in [6, 6.07) is 19.0. The minimum absolute atomic E-state index is 0. The number of hydrogen-bond donors (Lipinski definition) is 2. The second-order valence-electron chi connectivity index (χ2n) is 11.9. The Balaban J connectivity index is 0.00000103. The molecule has 2 atom stereocenters. The molecule has 2 aromatic heterocycles. The van der Waals surface area contributed by atoms with Gasteiger partial charge < -0.3 is 40.7 Å². The number of carbonyl (C=O) groups is 4. The standard InChI is InChI=1S/C22H17FO6S.C16H13FO4S.C3H4Cl2O.CH2O3.2K.H/c1-3-18(24)28-12-13(29-19(25)4-2)11-27-16-10-9-15(23)20-21(26)14-7-5-6-8-17(14)30-22(16)20;17-11-5-6-12(21-8-9(19)7-18)16-14(11)15(20)10-3-1-2-4-13(10)22-16;4-2-1-3(5)6;2-1-4-3;;;/h3-10,13H,1-2,11-12H2;1-6,9,18-19H,7-8H2;1-2H2;1,3H;;;/q;;;;2*+1;-1/p-1. The van der Waals surface area contributed by atoms with Crippen LogP contribution in [0.4, 0.5) is 8.78 Å². The van der Waals surface area contributed by atoms with E-state index in [0.29, 0.717) is 36.5 Å². The predicted octanol–water partition coefficient (Wildman–Crippen LogP) is -0.0187. The summed E-state index contributed by atoms with van der Waals surface area (Å²) in [5, 5.41) is 27.0. The first-order valence-electron chi connectivity index (χ1n) is 17.7. The van der Waals surface area contributed by atoms with Gasteiger partial charge in [0.25, 0.3) is 6.47 Å². The van der Waals surface area contributed by atoms with Crippen molar-refractivity contribution in [3.8, 4) is 11.5 Å². The van der Waals surface area contributed by atoms with E-state index in [0.717, 1.165) is 22.9 Å². The zero-order valence-corrected chi connectivity index (χ0v) is 43.5. The smallest absolute Gasteiger partial charge is 1.00 e. The van der Waals surface area contributed by atoms with Crippen molar-refractivity contribution >= 4 is 110 Å². The first-order chi connectivity index (χ1) is 29.7. The van der Waals surface area contributed by atoms with E-state index in [-0.39, 0.29) is 164 Å². The average molecular weight is 1020 g/mol. The molecule has 0 saturated heterocycles. The van der Waals surface area contributed by atoms with Gasteiger partial charge >= 0.3 is 115 Å². The van der Waals surface area contributed by atoms with E-state index in [1.165, 1.54) is 40.9 Å². The minimum Gasteiger partial charge on any atom is -1.00 e. The fourth-order valence-corrected chi connectivity index (χ4v) is 7.64. The number of aliphatic hydroxyl groups excluding tert-OH is 2. The number of hydrogen-bond acceptors (Lipinski definition) is 16. The summed E-state index contributed by atoms with van der Waals surface area (Å²) in [5.41, 5.74) is -0.813. The van der Waals surface area contributed by atoms with Gasteiger partial charge in [-0.3, -0.25) is 19.2 Å². The summed E-state index contributed by atoms with van der Waals surface area (Å²) in [7, 11) is 0. The van der Waals surface area contributed by atoms with E-state index in [9.17, 15) is 37.9 Å². The largest absolute Gasteiger partial charge is 1.00 e. The molecule has 0 amide bonds. The van der Waals surface area contributed by atoms with Gasteiger partial charge in [0.2, 0.25) is 5.24 Å². The molecule has 330 valence electrons. The summed E-state index contributed by atoms with van der Waals surface area (Å²) < 4.78 is 51.8. The van der Waals surface area contributed by atoms with Gasteiger partial charge in [-0.25, -0.2) is 18.4 Å². The quantitative estimate of drug-likeness (QED) is 0.0160. The van der Waals surface area contributed by atoms with Crippen LogP contribution in [0.15, 0.2) is 108 Å². The Bertz CT molecular complexity index is 2680. The number of ether oxygens (including phenoxy) is 4.